The molecule has 106 valence electrons. The Morgan fingerprint density at radius 2 is 2.00 bits per heavy atom. The quantitative estimate of drug-likeness (QED) is 0.915. The lowest BCUT2D eigenvalue weighted by Gasteiger charge is -2.08. The van der Waals surface area contributed by atoms with Gasteiger partial charge in [-0.2, -0.15) is 9.97 Å². The number of benzene rings is 1. The van der Waals surface area contributed by atoms with Crippen molar-refractivity contribution >= 4 is 17.5 Å². The largest absolute Gasteiger partial charge is 0.464 e. The summed E-state index contributed by atoms with van der Waals surface area (Å²) < 4.78 is 24.2. The molecule has 0 fully saturated rings. The van der Waals surface area contributed by atoms with Crippen LogP contribution in [0.3, 0.4) is 0 Å². The standard InChI is InChI=1S/C12H12ClFN4O2/c1-3-19-11-16-10(15-2)17-12(18-11)20-8-6-4-5-7(13)9(8)14/h4-6H,3H2,1-2H3,(H,15,16,17,18). The van der Waals surface area contributed by atoms with Gasteiger partial charge in [0, 0.05) is 7.05 Å². The number of ether oxygens (including phenoxy) is 2. The van der Waals surface area contributed by atoms with Gasteiger partial charge < -0.3 is 14.8 Å². The van der Waals surface area contributed by atoms with Gasteiger partial charge in [0.15, 0.2) is 11.6 Å². The van der Waals surface area contributed by atoms with Crippen molar-refractivity contribution in [3.8, 4) is 17.8 Å². The number of anilines is 1. The summed E-state index contributed by atoms with van der Waals surface area (Å²) in [6.07, 6.45) is 0. The topological polar surface area (TPSA) is 69.2 Å². The van der Waals surface area contributed by atoms with Crippen molar-refractivity contribution < 1.29 is 13.9 Å². The Bertz CT molecular complexity index is 612. The Balaban J connectivity index is 2.32. The minimum Gasteiger partial charge on any atom is -0.464 e. The van der Waals surface area contributed by atoms with Gasteiger partial charge in [0.25, 0.3) is 0 Å². The van der Waals surface area contributed by atoms with Crippen LogP contribution in [0, 0.1) is 5.82 Å². The zero-order valence-electron chi connectivity index (χ0n) is 10.9. The monoisotopic (exact) mass is 298 g/mol. The first-order chi connectivity index (χ1) is 9.63. The summed E-state index contributed by atoms with van der Waals surface area (Å²) in [4.78, 5) is 11.8. The molecule has 20 heavy (non-hydrogen) atoms. The van der Waals surface area contributed by atoms with Gasteiger partial charge in [0.05, 0.1) is 11.6 Å². The van der Waals surface area contributed by atoms with E-state index < -0.39 is 5.82 Å². The highest BCUT2D eigenvalue weighted by Crippen LogP contribution is 2.27. The molecule has 1 aromatic carbocycles. The average molecular weight is 299 g/mol. The van der Waals surface area contributed by atoms with E-state index in [0.717, 1.165) is 0 Å². The summed E-state index contributed by atoms with van der Waals surface area (Å²) in [7, 11) is 1.63. The molecule has 1 heterocycles. The SMILES string of the molecule is CCOc1nc(NC)nc(Oc2cccc(Cl)c2F)n1. The Labute approximate surface area is 119 Å². The van der Waals surface area contributed by atoms with Crippen molar-refractivity contribution in [3.05, 3.63) is 29.0 Å². The molecule has 0 aliphatic carbocycles. The number of halogens is 2. The van der Waals surface area contributed by atoms with Crippen LogP contribution in [0.2, 0.25) is 5.02 Å². The first-order valence-electron chi connectivity index (χ1n) is 5.82. The van der Waals surface area contributed by atoms with Crippen molar-refractivity contribution in [2.45, 2.75) is 6.92 Å². The van der Waals surface area contributed by atoms with Crippen LogP contribution in [0.1, 0.15) is 6.92 Å². The molecule has 8 heteroatoms. The maximum absolute atomic E-state index is 13.7. The normalized spacial score (nSPS) is 10.2. The maximum atomic E-state index is 13.7. The highest BCUT2D eigenvalue weighted by Gasteiger charge is 2.13. The van der Waals surface area contributed by atoms with Crippen molar-refractivity contribution in [3.63, 3.8) is 0 Å². The van der Waals surface area contributed by atoms with Crippen LogP contribution in [0.5, 0.6) is 17.8 Å². The third-order valence-electron chi connectivity index (χ3n) is 2.21. The van der Waals surface area contributed by atoms with E-state index in [1.807, 2.05) is 0 Å². The van der Waals surface area contributed by atoms with E-state index in [-0.39, 0.29) is 28.7 Å². The second-order valence-electron chi connectivity index (χ2n) is 3.56. The zero-order chi connectivity index (χ0) is 14.5. The Hall–Kier alpha value is -2.15. The fourth-order valence-corrected chi connectivity index (χ4v) is 1.52. The third-order valence-corrected chi connectivity index (χ3v) is 2.50. The Kier molecular flexibility index (Phi) is 4.52. The van der Waals surface area contributed by atoms with Crippen LogP contribution >= 0.6 is 11.6 Å². The molecule has 6 nitrogen and oxygen atoms in total. The average Bonchev–Trinajstić information content (AvgIpc) is 2.44. The molecule has 2 rings (SSSR count). The molecular formula is C12H12ClFN4O2. The molecule has 2 aromatic rings. The van der Waals surface area contributed by atoms with Crippen molar-refractivity contribution in [2.75, 3.05) is 19.0 Å². The number of hydrogen-bond donors (Lipinski definition) is 1. The molecular weight excluding hydrogens is 287 g/mol. The molecule has 0 atom stereocenters. The van der Waals surface area contributed by atoms with Gasteiger partial charge in [-0.1, -0.05) is 17.7 Å². The molecule has 0 bridgehead atoms. The van der Waals surface area contributed by atoms with Gasteiger partial charge >= 0.3 is 12.0 Å². The van der Waals surface area contributed by atoms with E-state index in [9.17, 15) is 4.39 Å². The van der Waals surface area contributed by atoms with Gasteiger partial charge in [-0.15, -0.1) is 4.98 Å². The van der Waals surface area contributed by atoms with E-state index in [2.05, 4.69) is 20.3 Å². The number of nitrogens with one attached hydrogen (secondary N) is 1. The van der Waals surface area contributed by atoms with Crippen molar-refractivity contribution in [1.82, 2.24) is 15.0 Å². The fourth-order valence-electron chi connectivity index (χ4n) is 1.35. The van der Waals surface area contributed by atoms with Crippen LogP contribution in [0.15, 0.2) is 18.2 Å². The maximum Gasteiger partial charge on any atom is 0.330 e. The molecule has 0 saturated carbocycles. The summed E-state index contributed by atoms with van der Waals surface area (Å²) in [5.74, 6) is -0.507. The van der Waals surface area contributed by atoms with Gasteiger partial charge in [-0.3, -0.25) is 0 Å². The lowest BCUT2D eigenvalue weighted by Crippen LogP contribution is -2.05. The lowest BCUT2D eigenvalue weighted by atomic mass is 10.3. The molecule has 0 unspecified atom stereocenters. The first-order valence-corrected chi connectivity index (χ1v) is 6.20. The lowest BCUT2D eigenvalue weighted by molar-refractivity contribution is 0.302. The minimum atomic E-state index is -0.682. The van der Waals surface area contributed by atoms with E-state index >= 15 is 0 Å². The zero-order valence-corrected chi connectivity index (χ0v) is 11.6. The smallest absolute Gasteiger partial charge is 0.330 e. The fraction of sp³-hybridized carbons (Fsp3) is 0.250. The van der Waals surface area contributed by atoms with E-state index in [1.54, 1.807) is 20.0 Å². The first kappa shape index (κ1) is 14.3. The predicted molar refractivity (Wildman–Crippen MR) is 72.0 cm³/mol. The minimum absolute atomic E-state index is 0.0459. The van der Waals surface area contributed by atoms with Gasteiger partial charge in [0.1, 0.15) is 0 Å². The molecule has 0 saturated heterocycles. The number of nitrogens with zero attached hydrogens (tertiary/aromatic N) is 3. The molecule has 0 aliphatic rings. The van der Waals surface area contributed by atoms with Crippen molar-refractivity contribution in [2.24, 2.45) is 0 Å². The van der Waals surface area contributed by atoms with Crippen LogP contribution in [-0.2, 0) is 0 Å². The van der Waals surface area contributed by atoms with E-state index in [0.29, 0.717) is 6.61 Å². The summed E-state index contributed by atoms with van der Waals surface area (Å²) in [6.45, 7) is 2.18. The summed E-state index contributed by atoms with van der Waals surface area (Å²) in [5.41, 5.74) is 0. The number of rotatable bonds is 5. The second-order valence-corrected chi connectivity index (χ2v) is 3.97. The molecule has 1 aromatic heterocycles. The molecule has 0 radical (unpaired) electrons. The highest BCUT2D eigenvalue weighted by molar-refractivity contribution is 6.30. The summed E-state index contributed by atoms with van der Waals surface area (Å²) in [6, 6.07) is 4.40. The number of hydrogen-bond acceptors (Lipinski definition) is 6. The van der Waals surface area contributed by atoms with E-state index in [1.165, 1.54) is 12.1 Å². The third kappa shape index (κ3) is 3.24. The van der Waals surface area contributed by atoms with Gasteiger partial charge in [0.2, 0.25) is 5.95 Å². The van der Waals surface area contributed by atoms with E-state index in [4.69, 9.17) is 21.1 Å². The van der Waals surface area contributed by atoms with Crippen LogP contribution in [0.4, 0.5) is 10.3 Å². The molecule has 0 spiro atoms. The van der Waals surface area contributed by atoms with Crippen molar-refractivity contribution in [1.29, 1.82) is 0 Å². The van der Waals surface area contributed by atoms with Crippen LogP contribution < -0.4 is 14.8 Å². The molecule has 1 N–H and O–H groups in total. The van der Waals surface area contributed by atoms with Gasteiger partial charge in [-0.05, 0) is 19.1 Å². The Morgan fingerprint density at radius 1 is 1.25 bits per heavy atom. The predicted octanol–water partition coefficient (Wildman–Crippen LogP) is 2.90. The highest BCUT2D eigenvalue weighted by atomic mass is 35.5. The second kappa shape index (κ2) is 6.33. The van der Waals surface area contributed by atoms with Crippen LogP contribution in [-0.4, -0.2) is 28.6 Å². The molecule has 0 amide bonds. The summed E-state index contributed by atoms with van der Waals surface area (Å²) >= 11 is 5.67. The number of aromatic nitrogens is 3. The van der Waals surface area contributed by atoms with Crippen LogP contribution in [0.25, 0.3) is 0 Å². The van der Waals surface area contributed by atoms with Gasteiger partial charge in [-0.25, -0.2) is 4.39 Å². The summed E-state index contributed by atoms with van der Waals surface area (Å²) in [5, 5.41) is 2.69. The molecule has 0 aliphatic heterocycles. The Morgan fingerprint density at radius 3 is 2.70 bits per heavy atom.